The summed E-state index contributed by atoms with van der Waals surface area (Å²) >= 11 is 1.38. The number of benzene rings is 1. The fraction of sp³-hybridized carbons (Fsp3) is 0.444. The first-order valence-corrected chi connectivity index (χ1v) is 9.17. The SMILES string of the molecule is CNc1ncc(C(=O)NC[C@@H]2CCCN(C)[C@@H]2c2ccccc2)s1. The number of carbonyl (C=O) groups is 1. The Labute approximate surface area is 147 Å². The van der Waals surface area contributed by atoms with E-state index < -0.39 is 0 Å². The molecular formula is C18H24N4OS. The van der Waals surface area contributed by atoms with Crippen molar-refractivity contribution in [3.05, 3.63) is 47.0 Å². The number of amides is 1. The van der Waals surface area contributed by atoms with Crippen molar-refractivity contribution in [1.29, 1.82) is 0 Å². The molecule has 0 aliphatic carbocycles. The van der Waals surface area contributed by atoms with E-state index in [1.165, 1.54) is 23.3 Å². The summed E-state index contributed by atoms with van der Waals surface area (Å²) in [7, 11) is 3.98. The molecule has 2 heterocycles. The number of rotatable bonds is 5. The Morgan fingerprint density at radius 2 is 2.17 bits per heavy atom. The Bertz CT molecular complexity index is 673. The van der Waals surface area contributed by atoms with Gasteiger partial charge in [0.05, 0.1) is 6.20 Å². The molecule has 0 bridgehead atoms. The maximum Gasteiger partial charge on any atom is 0.263 e. The number of nitrogens with zero attached hydrogens (tertiary/aromatic N) is 2. The Morgan fingerprint density at radius 3 is 2.88 bits per heavy atom. The number of likely N-dealkylation sites (tertiary alicyclic amines) is 1. The third-order valence-electron chi connectivity index (χ3n) is 4.62. The van der Waals surface area contributed by atoms with E-state index in [9.17, 15) is 4.79 Å². The molecule has 2 N–H and O–H groups in total. The van der Waals surface area contributed by atoms with E-state index >= 15 is 0 Å². The molecular weight excluding hydrogens is 320 g/mol. The Hall–Kier alpha value is -1.92. The van der Waals surface area contributed by atoms with Crippen LogP contribution in [0.5, 0.6) is 0 Å². The number of hydrogen-bond acceptors (Lipinski definition) is 5. The first-order valence-electron chi connectivity index (χ1n) is 8.36. The predicted octanol–water partition coefficient (Wildman–Crippen LogP) is 3.00. The van der Waals surface area contributed by atoms with Crippen molar-refractivity contribution >= 4 is 22.4 Å². The second-order valence-electron chi connectivity index (χ2n) is 6.23. The molecule has 2 aromatic rings. The lowest BCUT2D eigenvalue weighted by atomic mass is 9.85. The fourth-order valence-electron chi connectivity index (χ4n) is 3.46. The molecule has 24 heavy (non-hydrogen) atoms. The van der Waals surface area contributed by atoms with E-state index in [1.807, 2.05) is 13.1 Å². The zero-order valence-corrected chi connectivity index (χ0v) is 15.0. The number of carbonyl (C=O) groups excluding carboxylic acids is 1. The second-order valence-corrected chi connectivity index (χ2v) is 7.26. The average Bonchev–Trinajstić information content (AvgIpc) is 3.10. The summed E-state index contributed by atoms with van der Waals surface area (Å²) < 4.78 is 0. The molecule has 0 saturated carbocycles. The summed E-state index contributed by atoms with van der Waals surface area (Å²) in [6.07, 6.45) is 3.94. The van der Waals surface area contributed by atoms with Gasteiger partial charge in [-0.25, -0.2) is 4.98 Å². The van der Waals surface area contributed by atoms with Crippen LogP contribution in [-0.2, 0) is 0 Å². The maximum atomic E-state index is 12.4. The number of thiazole rings is 1. The first-order chi connectivity index (χ1) is 11.7. The molecule has 1 aromatic carbocycles. The van der Waals surface area contributed by atoms with Crippen LogP contribution in [-0.4, -0.2) is 43.0 Å². The Kier molecular flexibility index (Phi) is 5.48. The Balaban J connectivity index is 1.67. The zero-order valence-electron chi connectivity index (χ0n) is 14.2. The largest absolute Gasteiger partial charge is 0.365 e. The number of hydrogen-bond donors (Lipinski definition) is 2. The van der Waals surface area contributed by atoms with Gasteiger partial charge < -0.3 is 10.6 Å². The Morgan fingerprint density at radius 1 is 1.38 bits per heavy atom. The lowest BCUT2D eigenvalue weighted by Crippen LogP contribution is -2.41. The molecule has 5 nitrogen and oxygen atoms in total. The molecule has 128 valence electrons. The number of aromatic nitrogens is 1. The monoisotopic (exact) mass is 344 g/mol. The molecule has 1 saturated heterocycles. The van der Waals surface area contributed by atoms with Gasteiger partial charge in [0.15, 0.2) is 5.13 Å². The second kappa shape index (κ2) is 7.77. The topological polar surface area (TPSA) is 57.3 Å². The number of anilines is 1. The van der Waals surface area contributed by atoms with Gasteiger partial charge in [-0.15, -0.1) is 0 Å². The van der Waals surface area contributed by atoms with Crippen molar-refractivity contribution in [1.82, 2.24) is 15.2 Å². The normalized spacial score (nSPS) is 21.4. The third kappa shape index (κ3) is 3.76. The van der Waals surface area contributed by atoms with E-state index in [1.54, 1.807) is 6.20 Å². The van der Waals surface area contributed by atoms with Gasteiger partial charge >= 0.3 is 0 Å². The van der Waals surface area contributed by atoms with Gasteiger partial charge in [-0.1, -0.05) is 41.7 Å². The highest BCUT2D eigenvalue weighted by atomic mass is 32.1. The molecule has 0 spiro atoms. The van der Waals surface area contributed by atoms with Gasteiger partial charge in [-0.2, -0.15) is 0 Å². The molecule has 1 aliphatic rings. The van der Waals surface area contributed by atoms with Crippen molar-refractivity contribution in [3.8, 4) is 0 Å². The lowest BCUT2D eigenvalue weighted by molar-refractivity contribution is 0.0895. The van der Waals surface area contributed by atoms with Crippen LogP contribution in [0.3, 0.4) is 0 Å². The van der Waals surface area contributed by atoms with Crippen LogP contribution < -0.4 is 10.6 Å². The van der Waals surface area contributed by atoms with Crippen molar-refractivity contribution in [2.75, 3.05) is 32.5 Å². The summed E-state index contributed by atoms with van der Waals surface area (Å²) in [5.41, 5.74) is 1.33. The molecule has 1 aromatic heterocycles. The molecule has 0 radical (unpaired) electrons. The van der Waals surface area contributed by atoms with Gasteiger partial charge in [0.2, 0.25) is 0 Å². The molecule has 1 amide bonds. The van der Waals surface area contributed by atoms with Crippen LogP contribution in [0.15, 0.2) is 36.5 Å². The van der Waals surface area contributed by atoms with Crippen molar-refractivity contribution in [2.24, 2.45) is 5.92 Å². The number of piperidine rings is 1. The van der Waals surface area contributed by atoms with E-state index in [4.69, 9.17) is 0 Å². The lowest BCUT2D eigenvalue weighted by Gasteiger charge is -2.39. The first kappa shape index (κ1) is 16.9. The number of nitrogens with one attached hydrogen (secondary N) is 2. The van der Waals surface area contributed by atoms with E-state index in [2.05, 4.69) is 51.8 Å². The molecule has 2 atom stereocenters. The van der Waals surface area contributed by atoms with Gasteiger partial charge in [0.1, 0.15) is 4.88 Å². The minimum absolute atomic E-state index is 0.0333. The van der Waals surface area contributed by atoms with Crippen molar-refractivity contribution < 1.29 is 4.79 Å². The minimum Gasteiger partial charge on any atom is -0.365 e. The van der Waals surface area contributed by atoms with Gasteiger partial charge in [-0.05, 0) is 37.9 Å². The third-order valence-corrected chi connectivity index (χ3v) is 5.63. The van der Waals surface area contributed by atoms with E-state index in [0.717, 1.165) is 18.1 Å². The summed E-state index contributed by atoms with van der Waals surface area (Å²) in [5, 5.41) is 6.83. The van der Waals surface area contributed by atoms with E-state index in [-0.39, 0.29) is 5.91 Å². The van der Waals surface area contributed by atoms with Crippen LogP contribution in [0.1, 0.15) is 34.1 Å². The summed E-state index contributed by atoms with van der Waals surface area (Å²) in [6, 6.07) is 10.9. The van der Waals surface area contributed by atoms with E-state index in [0.29, 0.717) is 23.4 Å². The molecule has 6 heteroatoms. The van der Waals surface area contributed by atoms with Crippen LogP contribution in [0.2, 0.25) is 0 Å². The van der Waals surface area contributed by atoms with Crippen LogP contribution in [0.25, 0.3) is 0 Å². The van der Waals surface area contributed by atoms with Crippen molar-refractivity contribution in [3.63, 3.8) is 0 Å². The highest BCUT2D eigenvalue weighted by molar-refractivity contribution is 7.17. The van der Waals surface area contributed by atoms with Crippen LogP contribution in [0, 0.1) is 5.92 Å². The standard InChI is InChI=1S/C18H24N4OS/c1-19-18-21-12-15(24-18)17(23)20-11-14-9-6-10-22(2)16(14)13-7-4-3-5-8-13/h3-5,7-8,12,14,16H,6,9-11H2,1-2H3,(H,19,21)(H,20,23)/t14-,16+/m0/s1. The molecule has 0 unspecified atom stereocenters. The maximum absolute atomic E-state index is 12.4. The van der Waals surface area contributed by atoms with Crippen LogP contribution >= 0.6 is 11.3 Å². The quantitative estimate of drug-likeness (QED) is 0.875. The summed E-state index contributed by atoms with van der Waals surface area (Å²) in [6.45, 7) is 1.79. The smallest absolute Gasteiger partial charge is 0.263 e. The molecule has 1 aliphatic heterocycles. The highest BCUT2D eigenvalue weighted by Gasteiger charge is 2.30. The summed E-state index contributed by atoms with van der Waals surface area (Å²) in [4.78, 5) is 19.6. The molecule has 3 rings (SSSR count). The van der Waals surface area contributed by atoms with Gasteiger partial charge in [0.25, 0.3) is 5.91 Å². The van der Waals surface area contributed by atoms with Crippen LogP contribution in [0.4, 0.5) is 5.13 Å². The highest BCUT2D eigenvalue weighted by Crippen LogP contribution is 2.34. The molecule has 1 fully saturated rings. The van der Waals surface area contributed by atoms with Crippen molar-refractivity contribution in [2.45, 2.75) is 18.9 Å². The summed E-state index contributed by atoms with van der Waals surface area (Å²) in [5.74, 6) is 0.390. The fourth-order valence-corrected chi connectivity index (χ4v) is 4.14. The minimum atomic E-state index is -0.0333. The zero-order chi connectivity index (χ0) is 16.9. The predicted molar refractivity (Wildman–Crippen MR) is 98.5 cm³/mol. The average molecular weight is 344 g/mol. The van der Waals surface area contributed by atoms with Gasteiger partial charge in [0, 0.05) is 19.6 Å². The van der Waals surface area contributed by atoms with Gasteiger partial charge in [-0.3, -0.25) is 9.69 Å².